The average Bonchev–Trinajstić information content (AvgIpc) is 2.61. The number of carbonyl (C=O) groups excluding carboxylic acids is 1. The Labute approximate surface area is 147 Å². The zero-order chi connectivity index (χ0) is 18.1. The smallest absolute Gasteiger partial charge is 0.315 e. The highest BCUT2D eigenvalue weighted by Crippen LogP contribution is 2.24. The molecule has 138 valence electrons. The second kappa shape index (κ2) is 9.88. The number of carbonyl (C=O) groups is 2. The molecule has 1 saturated carbocycles. The highest BCUT2D eigenvalue weighted by molar-refractivity contribution is 5.74. The molecule has 2 rings (SSSR count). The van der Waals surface area contributed by atoms with Crippen molar-refractivity contribution < 1.29 is 24.2 Å². The topological polar surface area (TPSA) is 96.9 Å². The number of urea groups is 1. The first-order chi connectivity index (χ1) is 12.1. The summed E-state index contributed by atoms with van der Waals surface area (Å²) >= 11 is 0. The molecule has 0 heterocycles. The molecule has 0 atom stereocenters. The van der Waals surface area contributed by atoms with Crippen molar-refractivity contribution in [3.63, 3.8) is 0 Å². The highest BCUT2D eigenvalue weighted by Gasteiger charge is 2.26. The van der Waals surface area contributed by atoms with Crippen molar-refractivity contribution in [3.8, 4) is 5.75 Å². The van der Waals surface area contributed by atoms with Gasteiger partial charge < -0.3 is 25.2 Å². The van der Waals surface area contributed by atoms with E-state index in [4.69, 9.17) is 14.6 Å². The van der Waals surface area contributed by atoms with Gasteiger partial charge in [-0.3, -0.25) is 4.79 Å². The summed E-state index contributed by atoms with van der Waals surface area (Å²) < 4.78 is 10.5. The summed E-state index contributed by atoms with van der Waals surface area (Å²) in [6.45, 7) is 1.40. The van der Waals surface area contributed by atoms with E-state index in [1.165, 1.54) is 0 Å². The minimum atomic E-state index is -0.740. The number of hydrogen-bond donors (Lipinski definition) is 3. The lowest BCUT2D eigenvalue weighted by Gasteiger charge is -2.26. The van der Waals surface area contributed by atoms with Gasteiger partial charge in [0, 0.05) is 19.7 Å². The number of amides is 2. The zero-order valence-electron chi connectivity index (χ0n) is 14.5. The molecule has 0 radical (unpaired) electrons. The van der Waals surface area contributed by atoms with Crippen molar-refractivity contribution in [2.75, 3.05) is 20.3 Å². The molecule has 1 fully saturated rings. The van der Waals surface area contributed by atoms with E-state index in [0.29, 0.717) is 45.4 Å². The maximum absolute atomic E-state index is 12.0. The monoisotopic (exact) mass is 350 g/mol. The van der Waals surface area contributed by atoms with Gasteiger partial charge in [0.2, 0.25) is 0 Å². The molecule has 2 amide bonds. The SMILES string of the molecule is COCCOc1cccc(CNC(=O)NC2CCC(C(=O)O)CC2)c1. The molecule has 7 nitrogen and oxygen atoms in total. The molecule has 7 heteroatoms. The van der Waals surface area contributed by atoms with E-state index in [1.807, 2.05) is 24.3 Å². The zero-order valence-corrected chi connectivity index (χ0v) is 14.5. The molecule has 0 aromatic heterocycles. The van der Waals surface area contributed by atoms with E-state index in [9.17, 15) is 9.59 Å². The number of carboxylic acid groups (broad SMARTS) is 1. The molecule has 3 N–H and O–H groups in total. The predicted molar refractivity (Wildman–Crippen MR) is 92.6 cm³/mol. The maximum atomic E-state index is 12.0. The minimum Gasteiger partial charge on any atom is -0.491 e. The van der Waals surface area contributed by atoms with E-state index in [-0.39, 0.29) is 18.0 Å². The molecule has 0 spiro atoms. The van der Waals surface area contributed by atoms with Gasteiger partial charge in [-0.15, -0.1) is 0 Å². The lowest BCUT2D eigenvalue weighted by molar-refractivity contribution is -0.142. The van der Waals surface area contributed by atoms with Crippen molar-refractivity contribution >= 4 is 12.0 Å². The third-order valence-corrected chi connectivity index (χ3v) is 4.32. The van der Waals surface area contributed by atoms with Crippen LogP contribution in [0.3, 0.4) is 0 Å². The number of ether oxygens (including phenoxy) is 2. The average molecular weight is 350 g/mol. The van der Waals surface area contributed by atoms with Crippen molar-refractivity contribution in [1.82, 2.24) is 10.6 Å². The number of nitrogens with one attached hydrogen (secondary N) is 2. The van der Waals surface area contributed by atoms with Gasteiger partial charge in [-0.25, -0.2) is 4.79 Å². The summed E-state index contributed by atoms with van der Waals surface area (Å²) in [7, 11) is 1.62. The van der Waals surface area contributed by atoms with Gasteiger partial charge in [0.15, 0.2) is 0 Å². The number of benzene rings is 1. The molecule has 1 aliphatic carbocycles. The van der Waals surface area contributed by atoms with E-state index >= 15 is 0 Å². The molecular formula is C18H26N2O5. The van der Waals surface area contributed by atoms with Gasteiger partial charge in [-0.2, -0.15) is 0 Å². The van der Waals surface area contributed by atoms with Crippen LogP contribution in [0.5, 0.6) is 5.75 Å². The van der Waals surface area contributed by atoms with Gasteiger partial charge >= 0.3 is 12.0 Å². The third-order valence-electron chi connectivity index (χ3n) is 4.32. The number of aliphatic carboxylic acids is 1. The van der Waals surface area contributed by atoms with Crippen molar-refractivity contribution in [2.45, 2.75) is 38.3 Å². The molecule has 0 saturated heterocycles. The van der Waals surface area contributed by atoms with E-state index in [2.05, 4.69) is 10.6 Å². The van der Waals surface area contributed by atoms with Crippen molar-refractivity contribution in [2.24, 2.45) is 5.92 Å². The first-order valence-corrected chi connectivity index (χ1v) is 8.56. The fraction of sp³-hybridized carbons (Fsp3) is 0.556. The van der Waals surface area contributed by atoms with Crippen LogP contribution in [0.25, 0.3) is 0 Å². The second-order valence-corrected chi connectivity index (χ2v) is 6.20. The van der Waals surface area contributed by atoms with Crippen LogP contribution >= 0.6 is 0 Å². The minimum absolute atomic E-state index is 0.0410. The largest absolute Gasteiger partial charge is 0.491 e. The highest BCUT2D eigenvalue weighted by atomic mass is 16.5. The lowest BCUT2D eigenvalue weighted by atomic mass is 9.86. The normalized spacial score (nSPS) is 19.9. The molecule has 0 aliphatic heterocycles. The second-order valence-electron chi connectivity index (χ2n) is 6.20. The third kappa shape index (κ3) is 6.62. The van der Waals surface area contributed by atoms with Gasteiger partial charge in [0.05, 0.1) is 12.5 Å². The summed E-state index contributed by atoms with van der Waals surface area (Å²) in [5, 5.41) is 14.7. The molecule has 1 aromatic rings. The van der Waals surface area contributed by atoms with Crippen LogP contribution in [0, 0.1) is 5.92 Å². The maximum Gasteiger partial charge on any atom is 0.315 e. The molecular weight excluding hydrogens is 324 g/mol. The number of methoxy groups -OCH3 is 1. The van der Waals surface area contributed by atoms with Crippen LogP contribution in [0.4, 0.5) is 4.79 Å². The quantitative estimate of drug-likeness (QED) is 0.624. The van der Waals surface area contributed by atoms with Gasteiger partial charge in [-0.05, 0) is 43.4 Å². The lowest BCUT2D eigenvalue weighted by Crippen LogP contribution is -2.43. The Kier molecular flexibility index (Phi) is 7.53. The predicted octanol–water partition coefficient (Wildman–Crippen LogP) is 2.15. The molecule has 25 heavy (non-hydrogen) atoms. The fourth-order valence-electron chi connectivity index (χ4n) is 2.89. The first-order valence-electron chi connectivity index (χ1n) is 8.56. The van der Waals surface area contributed by atoms with Gasteiger partial charge in [0.1, 0.15) is 12.4 Å². The summed E-state index contributed by atoms with van der Waals surface area (Å²) in [5.74, 6) is -0.277. The number of hydrogen-bond acceptors (Lipinski definition) is 4. The van der Waals surface area contributed by atoms with E-state index in [0.717, 1.165) is 11.3 Å². The van der Waals surface area contributed by atoms with Crippen molar-refractivity contribution in [3.05, 3.63) is 29.8 Å². The summed E-state index contributed by atoms with van der Waals surface area (Å²) in [5.41, 5.74) is 0.944. The Balaban J connectivity index is 1.71. The van der Waals surface area contributed by atoms with Crippen LogP contribution in [-0.4, -0.2) is 43.5 Å². The Morgan fingerprint density at radius 3 is 2.64 bits per heavy atom. The van der Waals surface area contributed by atoms with Crippen LogP contribution in [0.2, 0.25) is 0 Å². The summed E-state index contributed by atoms with van der Waals surface area (Å²) in [4.78, 5) is 22.9. The molecule has 1 aromatic carbocycles. The summed E-state index contributed by atoms with van der Waals surface area (Å²) in [6.07, 6.45) is 2.63. The fourth-order valence-corrected chi connectivity index (χ4v) is 2.89. The molecule has 0 bridgehead atoms. The van der Waals surface area contributed by atoms with Crippen LogP contribution in [0.1, 0.15) is 31.2 Å². The Morgan fingerprint density at radius 1 is 1.20 bits per heavy atom. The first kappa shape index (κ1) is 19.1. The number of carboxylic acids is 1. The Morgan fingerprint density at radius 2 is 1.96 bits per heavy atom. The van der Waals surface area contributed by atoms with Crippen LogP contribution in [-0.2, 0) is 16.1 Å². The standard InChI is InChI=1S/C18H26N2O5/c1-24-9-10-25-16-4-2-3-13(11-16)12-19-18(23)20-15-7-5-14(6-8-15)17(21)22/h2-4,11,14-15H,5-10,12H2,1H3,(H,21,22)(H2,19,20,23). The van der Waals surface area contributed by atoms with Crippen molar-refractivity contribution in [1.29, 1.82) is 0 Å². The summed E-state index contributed by atoms with van der Waals surface area (Å²) in [6, 6.07) is 7.35. The number of rotatable bonds is 8. The van der Waals surface area contributed by atoms with Gasteiger partial charge in [0.25, 0.3) is 0 Å². The van der Waals surface area contributed by atoms with E-state index < -0.39 is 5.97 Å². The van der Waals surface area contributed by atoms with E-state index in [1.54, 1.807) is 7.11 Å². The van der Waals surface area contributed by atoms with Crippen LogP contribution in [0.15, 0.2) is 24.3 Å². The Bertz CT molecular complexity index is 570. The molecule has 0 unspecified atom stereocenters. The molecule has 1 aliphatic rings. The Hall–Kier alpha value is -2.28. The van der Waals surface area contributed by atoms with Gasteiger partial charge in [-0.1, -0.05) is 12.1 Å². The van der Waals surface area contributed by atoms with Crippen LogP contribution < -0.4 is 15.4 Å².